The van der Waals surface area contributed by atoms with Crippen LogP contribution in [-0.2, 0) is 6.18 Å². The SMILES string of the molecule is Cc1noc2nc(-c3cccc(C(F)(F)F)c3)cc(C(=O)N(C)C(C)CN)c12.Cl. The predicted molar refractivity (Wildman–Crippen MR) is 105 cm³/mol. The molecule has 3 aromatic rings. The third-order valence-electron chi connectivity index (χ3n) is 4.66. The molecule has 2 heterocycles. The van der Waals surface area contributed by atoms with Crippen LogP contribution in [0.2, 0.25) is 0 Å². The van der Waals surface area contributed by atoms with Crippen molar-refractivity contribution in [1.82, 2.24) is 15.0 Å². The zero-order valence-electron chi connectivity index (χ0n) is 15.9. The highest BCUT2D eigenvalue weighted by Gasteiger charge is 2.31. The number of benzene rings is 1. The third kappa shape index (κ3) is 4.35. The van der Waals surface area contributed by atoms with Crippen molar-refractivity contribution in [3.05, 3.63) is 47.2 Å². The number of pyridine rings is 1. The Kier molecular flexibility index (Phi) is 6.54. The second kappa shape index (κ2) is 8.38. The van der Waals surface area contributed by atoms with Gasteiger partial charge in [-0.2, -0.15) is 13.2 Å². The Bertz CT molecular complexity index is 1040. The molecule has 0 aliphatic carbocycles. The van der Waals surface area contributed by atoms with Gasteiger partial charge in [0.25, 0.3) is 11.6 Å². The molecule has 1 aromatic carbocycles. The van der Waals surface area contributed by atoms with E-state index < -0.39 is 11.7 Å². The Morgan fingerprint density at radius 1 is 1.31 bits per heavy atom. The molecule has 0 aliphatic heterocycles. The molecule has 3 rings (SSSR count). The van der Waals surface area contributed by atoms with Gasteiger partial charge in [-0.15, -0.1) is 12.4 Å². The summed E-state index contributed by atoms with van der Waals surface area (Å²) in [5.74, 6) is -0.343. The number of hydrogen-bond donors (Lipinski definition) is 1. The largest absolute Gasteiger partial charge is 0.416 e. The summed E-state index contributed by atoms with van der Waals surface area (Å²) in [5, 5.41) is 4.27. The van der Waals surface area contributed by atoms with Crippen molar-refractivity contribution >= 4 is 29.4 Å². The fraction of sp³-hybridized carbons (Fsp3) is 0.316. The van der Waals surface area contributed by atoms with Crippen LogP contribution in [0.5, 0.6) is 0 Å². The Labute approximate surface area is 171 Å². The van der Waals surface area contributed by atoms with E-state index in [-0.39, 0.29) is 53.4 Å². The van der Waals surface area contributed by atoms with Crippen LogP contribution < -0.4 is 5.73 Å². The minimum Gasteiger partial charge on any atom is -0.338 e. The van der Waals surface area contributed by atoms with Crippen LogP contribution in [-0.4, -0.2) is 40.6 Å². The lowest BCUT2D eigenvalue weighted by Gasteiger charge is -2.24. The highest BCUT2D eigenvalue weighted by Crippen LogP contribution is 2.33. The van der Waals surface area contributed by atoms with Crippen LogP contribution in [0, 0.1) is 6.92 Å². The van der Waals surface area contributed by atoms with Gasteiger partial charge in [-0.05, 0) is 32.0 Å². The number of rotatable bonds is 4. The Morgan fingerprint density at radius 3 is 2.62 bits per heavy atom. The lowest BCUT2D eigenvalue weighted by Crippen LogP contribution is -2.39. The molecule has 0 spiro atoms. The van der Waals surface area contributed by atoms with E-state index in [9.17, 15) is 18.0 Å². The quantitative estimate of drug-likeness (QED) is 0.677. The summed E-state index contributed by atoms with van der Waals surface area (Å²) < 4.78 is 44.4. The first kappa shape index (κ1) is 22.6. The Hall–Kier alpha value is -2.65. The Balaban J connectivity index is 0.00000300. The molecule has 0 radical (unpaired) electrons. The first-order chi connectivity index (χ1) is 13.1. The van der Waals surface area contributed by atoms with Gasteiger partial charge < -0.3 is 15.2 Å². The molecule has 10 heteroatoms. The van der Waals surface area contributed by atoms with Crippen LogP contribution in [0.25, 0.3) is 22.4 Å². The summed E-state index contributed by atoms with van der Waals surface area (Å²) in [6.07, 6.45) is -4.49. The van der Waals surface area contributed by atoms with Crippen molar-refractivity contribution in [3.63, 3.8) is 0 Å². The number of amides is 1. The van der Waals surface area contributed by atoms with E-state index in [0.717, 1.165) is 12.1 Å². The van der Waals surface area contributed by atoms with Crippen molar-refractivity contribution < 1.29 is 22.5 Å². The summed E-state index contributed by atoms with van der Waals surface area (Å²) in [6, 6.07) is 5.98. The summed E-state index contributed by atoms with van der Waals surface area (Å²) in [4.78, 5) is 18.7. The fourth-order valence-electron chi connectivity index (χ4n) is 2.81. The van der Waals surface area contributed by atoms with Crippen molar-refractivity contribution in [2.45, 2.75) is 26.1 Å². The van der Waals surface area contributed by atoms with Crippen LogP contribution in [0.3, 0.4) is 0 Å². The maximum Gasteiger partial charge on any atom is 0.416 e. The van der Waals surface area contributed by atoms with Gasteiger partial charge in [-0.25, -0.2) is 4.98 Å². The van der Waals surface area contributed by atoms with E-state index in [1.165, 1.54) is 23.1 Å². The van der Waals surface area contributed by atoms with Gasteiger partial charge >= 0.3 is 6.18 Å². The molecule has 2 N–H and O–H groups in total. The molecular weight excluding hydrogens is 409 g/mol. The minimum atomic E-state index is -4.49. The highest BCUT2D eigenvalue weighted by molar-refractivity contribution is 6.07. The predicted octanol–water partition coefficient (Wildman–Crippen LogP) is 4.06. The van der Waals surface area contributed by atoms with E-state index in [4.69, 9.17) is 10.3 Å². The van der Waals surface area contributed by atoms with Crippen LogP contribution in [0.4, 0.5) is 13.2 Å². The molecule has 0 saturated carbocycles. The molecule has 29 heavy (non-hydrogen) atoms. The average Bonchev–Trinajstić information content (AvgIpc) is 3.06. The molecule has 156 valence electrons. The highest BCUT2D eigenvalue weighted by atomic mass is 35.5. The number of nitrogens with zero attached hydrogens (tertiary/aromatic N) is 3. The number of hydrogen-bond acceptors (Lipinski definition) is 5. The number of carbonyl (C=O) groups excluding carboxylic acids is 1. The number of nitrogens with two attached hydrogens (primary N) is 1. The molecule has 0 bridgehead atoms. The van der Waals surface area contributed by atoms with Gasteiger partial charge in [0.15, 0.2) is 0 Å². The summed E-state index contributed by atoms with van der Waals surface area (Å²) in [7, 11) is 1.61. The summed E-state index contributed by atoms with van der Waals surface area (Å²) in [5.41, 5.74) is 6.05. The van der Waals surface area contributed by atoms with Gasteiger partial charge in [0.1, 0.15) is 0 Å². The molecule has 0 saturated heterocycles. The zero-order chi connectivity index (χ0) is 20.6. The lowest BCUT2D eigenvalue weighted by molar-refractivity contribution is -0.137. The normalized spacial score (nSPS) is 12.5. The van der Waals surface area contributed by atoms with E-state index in [0.29, 0.717) is 11.1 Å². The maximum absolute atomic E-state index is 13.1. The van der Waals surface area contributed by atoms with Crippen molar-refractivity contribution in [2.24, 2.45) is 5.73 Å². The number of aryl methyl sites for hydroxylation is 1. The van der Waals surface area contributed by atoms with Crippen molar-refractivity contribution in [3.8, 4) is 11.3 Å². The van der Waals surface area contributed by atoms with E-state index in [1.807, 2.05) is 0 Å². The fourth-order valence-corrected chi connectivity index (χ4v) is 2.81. The van der Waals surface area contributed by atoms with Crippen molar-refractivity contribution in [1.29, 1.82) is 0 Å². The van der Waals surface area contributed by atoms with E-state index in [2.05, 4.69) is 10.1 Å². The molecule has 1 unspecified atom stereocenters. The minimum absolute atomic E-state index is 0. The summed E-state index contributed by atoms with van der Waals surface area (Å²) in [6.45, 7) is 3.73. The number of aromatic nitrogens is 2. The molecule has 1 amide bonds. The van der Waals surface area contributed by atoms with Gasteiger partial charge in [-0.3, -0.25) is 4.79 Å². The molecule has 0 fully saturated rings. The third-order valence-corrected chi connectivity index (χ3v) is 4.66. The van der Waals surface area contributed by atoms with Crippen LogP contribution in [0.15, 0.2) is 34.9 Å². The second-order valence-electron chi connectivity index (χ2n) is 6.58. The number of halogens is 4. The number of carbonyl (C=O) groups is 1. The standard InChI is InChI=1S/C19H19F3N4O2.ClH/c1-10(9-23)26(3)18(27)14-8-15(24-17-16(14)11(2)25-28-17)12-5-4-6-13(7-12)19(20,21)22;/h4-8,10H,9,23H2,1-3H3;1H. The first-order valence-electron chi connectivity index (χ1n) is 8.55. The Morgan fingerprint density at radius 2 is 2.00 bits per heavy atom. The smallest absolute Gasteiger partial charge is 0.338 e. The summed E-state index contributed by atoms with van der Waals surface area (Å²) >= 11 is 0. The van der Waals surface area contributed by atoms with Gasteiger partial charge in [-0.1, -0.05) is 17.3 Å². The molecule has 1 atom stereocenters. The topological polar surface area (TPSA) is 85.2 Å². The molecule has 0 aliphatic rings. The molecule has 6 nitrogen and oxygen atoms in total. The number of likely N-dealkylation sites (N-methyl/N-ethyl adjacent to an activating group) is 1. The van der Waals surface area contributed by atoms with Gasteiger partial charge in [0, 0.05) is 25.2 Å². The number of fused-ring (bicyclic) bond motifs is 1. The second-order valence-corrected chi connectivity index (χ2v) is 6.58. The maximum atomic E-state index is 13.1. The van der Waals surface area contributed by atoms with E-state index in [1.54, 1.807) is 20.9 Å². The van der Waals surface area contributed by atoms with Crippen LogP contribution >= 0.6 is 12.4 Å². The van der Waals surface area contributed by atoms with Gasteiger partial charge in [0.05, 0.1) is 27.9 Å². The van der Waals surface area contributed by atoms with E-state index >= 15 is 0 Å². The van der Waals surface area contributed by atoms with Crippen molar-refractivity contribution in [2.75, 3.05) is 13.6 Å². The zero-order valence-corrected chi connectivity index (χ0v) is 16.8. The monoisotopic (exact) mass is 428 g/mol. The van der Waals surface area contributed by atoms with Gasteiger partial charge in [0.2, 0.25) is 0 Å². The molecule has 2 aromatic heterocycles. The average molecular weight is 429 g/mol. The molecular formula is C19H20ClF3N4O2. The van der Waals surface area contributed by atoms with Crippen LogP contribution in [0.1, 0.15) is 28.5 Å². The lowest BCUT2D eigenvalue weighted by atomic mass is 10.0. The number of alkyl halides is 3. The first-order valence-corrected chi connectivity index (χ1v) is 8.55.